The van der Waals surface area contributed by atoms with E-state index in [-0.39, 0.29) is 5.69 Å². The summed E-state index contributed by atoms with van der Waals surface area (Å²) in [5.41, 5.74) is 1.39. The first-order chi connectivity index (χ1) is 9.65. The number of fused-ring (bicyclic) bond motifs is 3. The van der Waals surface area contributed by atoms with Gasteiger partial charge in [0.1, 0.15) is 4.83 Å². The molecule has 0 aliphatic carbocycles. The van der Waals surface area contributed by atoms with Crippen LogP contribution in [0.2, 0.25) is 0 Å². The number of thiophene rings is 1. The maximum absolute atomic E-state index is 12.1. The summed E-state index contributed by atoms with van der Waals surface area (Å²) in [5.74, 6) is 0.960. The van der Waals surface area contributed by atoms with Crippen LogP contribution in [0.25, 0.3) is 27.4 Å². The van der Waals surface area contributed by atoms with Crippen LogP contribution < -0.4 is 5.69 Å². The molecule has 100 valence electrons. The van der Waals surface area contributed by atoms with E-state index in [9.17, 15) is 4.79 Å². The number of furan rings is 1. The van der Waals surface area contributed by atoms with Gasteiger partial charge in [0.2, 0.25) is 5.82 Å². The lowest BCUT2D eigenvalue weighted by molar-refractivity contribution is 0.577. The van der Waals surface area contributed by atoms with E-state index in [0.29, 0.717) is 17.2 Å². The molecular weight excluding hydrogens is 276 g/mol. The molecule has 0 aliphatic rings. The van der Waals surface area contributed by atoms with Crippen LogP contribution in [-0.2, 0) is 0 Å². The average molecular weight is 286 g/mol. The molecule has 4 aromatic heterocycles. The first kappa shape index (κ1) is 11.4. The van der Waals surface area contributed by atoms with Crippen molar-refractivity contribution in [1.82, 2.24) is 19.6 Å². The summed E-state index contributed by atoms with van der Waals surface area (Å²) in [6.07, 6.45) is 1.56. The number of aromatic amines is 1. The highest BCUT2D eigenvalue weighted by Gasteiger charge is 2.17. The quantitative estimate of drug-likeness (QED) is 0.583. The van der Waals surface area contributed by atoms with Gasteiger partial charge in [-0.25, -0.2) is 9.78 Å². The summed E-state index contributed by atoms with van der Waals surface area (Å²) in [6.45, 7) is 4.05. The molecule has 0 radical (unpaired) electrons. The van der Waals surface area contributed by atoms with Gasteiger partial charge in [0, 0.05) is 4.88 Å². The minimum Gasteiger partial charge on any atom is -0.461 e. The molecule has 0 unspecified atom stereocenters. The fourth-order valence-electron chi connectivity index (χ4n) is 2.26. The molecule has 6 nitrogen and oxygen atoms in total. The molecule has 4 aromatic rings. The topological polar surface area (TPSA) is 76.2 Å². The molecule has 0 atom stereocenters. The second-order valence-electron chi connectivity index (χ2n) is 4.57. The molecule has 0 fully saturated rings. The van der Waals surface area contributed by atoms with Gasteiger partial charge in [0.25, 0.3) is 0 Å². The Bertz CT molecular complexity index is 991. The molecule has 0 aromatic carbocycles. The summed E-state index contributed by atoms with van der Waals surface area (Å²) in [7, 11) is 0. The Labute approximate surface area is 116 Å². The lowest BCUT2D eigenvalue weighted by Gasteiger charge is -1.94. The van der Waals surface area contributed by atoms with E-state index < -0.39 is 0 Å². The van der Waals surface area contributed by atoms with Gasteiger partial charge >= 0.3 is 5.69 Å². The minimum atomic E-state index is -0.293. The van der Waals surface area contributed by atoms with Gasteiger partial charge in [-0.15, -0.1) is 16.4 Å². The van der Waals surface area contributed by atoms with E-state index >= 15 is 0 Å². The lowest BCUT2D eigenvalue weighted by Crippen LogP contribution is -2.16. The number of nitrogens with one attached hydrogen (secondary N) is 1. The zero-order valence-electron chi connectivity index (χ0n) is 10.8. The second kappa shape index (κ2) is 3.80. The third-order valence-electron chi connectivity index (χ3n) is 3.37. The van der Waals surface area contributed by atoms with E-state index in [2.05, 4.69) is 15.1 Å². The standard InChI is InChI=1S/C13H10N4O2S/c1-6-7(2)20-12-9(6)11-14-10(8-4-3-5-19-8)16-17(11)13(18)15-12/h3-5H,1-2H3,(H,15,18). The van der Waals surface area contributed by atoms with Gasteiger partial charge in [-0.3, -0.25) is 4.98 Å². The fraction of sp³-hybridized carbons (Fsp3) is 0.154. The molecule has 4 rings (SSSR count). The van der Waals surface area contributed by atoms with Gasteiger partial charge in [-0.1, -0.05) is 0 Å². The van der Waals surface area contributed by atoms with Crippen LogP contribution in [-0.4, -0.2) is 19.6 Å². The number of aromatic nitrogens is 4. The van der Waals surface area contributed by atoms with Crippen molar-refractivity contribution in [1.29, 1.82) is 0 Å². The largest absolute Gasteiger partial charge is 0.461 e. The van der Waals surface area contributed by atoms with Crippen molar-refractivity contribution < 1.29 is 4.42 Å². The number of aryl methyl sites for hydroxylation is 2. The summed E-state index contributed by atoms with van der Waals surface area (Å²) < 4.78 is 6.58. The zero-order chi connectivity index (χ0) is 13.9. The second-order valence-corrected chi connectivity index (χ2v) is 5.79. The highest BCUT2D eigenvalue weighted by Crippen LogP contribution is 2.30. The van der Waals surface area contributed by atoms with Crippen LogP contribution in [0.4, 0.5) is 0 Å². The normalized spacial score (nSPS) is 11.7. The summed E-state index contributed by atoms with van der Waals surface area (Å²) in [4.78, 5) is 21.4. The predicted octanol–water partition coefficient (Wildman–Crippen LogP) is 2.51. The maximum Gasteiger partial charge on any atom is 0.349 e. The van der Waals surface area contributed by atoms with Crippen molar-refractivity contribution in [3.63, 3.8) is 0 Å². The maximum atomic E-state index is 12.1. The molecule has 0 spiro atoms. The van der Waals surface area contributed by atoms with E-state index in [1.54, 1.807) is 29.7 Å². The van der Waals surface area contributed by atoms with Gasteiger partial charge in [-0.05, 0) is 31.5 Å². The van der Waals surface area contributed by atoms with Crippen LogP contribution in [0.15, 0.2) is 27.6 Å². The van der Waals surface area contributed by atoms with Crippen molar-refractivity contribution in [2.45, 2.75) is 13.8 Å². The predicted molar refractivity (Wildman–Crippen MR) is 76.2 cm³/mol. The molecule has 0 bridgehead atoms. The number of nitrogens with zero attached hydrogens (tertiary/aromatic N) is 3. The Balaban J connectivity index is 2.18. The van der Waals surface area contributed by atoms with Gasteiger partial charge in [-0.2, -0.15) is 4.52 Å². The molecule has 0 aliphatic heterocycles. The lowest BCUT2D eigenvalue weighted by atomic mass is 10.2. The van der Waals surface area contributed by atoms with E-state index in [0.717, 1.165) is 20.7 Å². The van der Waals surface area contributed by atoms with E-state index in [1.807, 2.05) is 13.8 Å². The molecule has 20 heavy (non-hydrogen) atoms. The van der Waals surface area contributed by atoms with Gasteiger partial charge in [0.15, 0.2) is 11.4 Å². The van der Waals surface area contributed by atoms with Gasteiger partial charge < -0.3 is 4.42 Å². The third kappa shape index (κ3) is 1.41. The average Bonchev–Trinajstić information content (AvgIpc) is 3.10. The summed E-state index contributed by atoms with van der Waals surface area (Å²) >= 11 is 1.55. The Morgan fingerprint density at radius 1 is 1.40 bits per heavy atom. The smallest absolute Gasteiger partial charge is 0.349 e. The zero-order valence-corrected chi connectivity index (χ0v) is 11.6. The van der Waals surface area contributed by atoms with Crippen LogP contribution in [0, 0.1) is 13.8 Å². The Hall–Kier alpha value is -2.41. The highest BCUT2D eigenvalue weighted by atomic mass is 32.1. The Kier molecular flexibility index (Phi) is 2.17. The summed E-state index contributed by atoms with van der Waals surface area (Å²) in [5, 5.41) is 5.17. The molecule has 0 saturated heterocycles. The number of rotatable bonds is 1. The number of hydrogen-bond donors (Lipinski definition) is 1. The van der Waals surface area contributed by atoms with Crippen molar-refractivity contribution in [2.75, 3.05) is 0 Å². The third-order valence-corrected chi connectivity index (χ3v) is 4.49. The molecule has 0 saturated carbocycles. The Morgan fingerprint density at radius 2 is 2.25 bits per heavy atom. The SMILES string of the molecule is Cc1sc2[nH]c(=O)n3nc(-c4ccco4)nc3c2c1C. The Morgan fingerprint density at radius 3 is 3.00 bits per heavy atom. The molecule has 7 heteroatoms. The van der Waals surface area contributed by atoms with Crippen molar-refractivity contribution in [3.05, 3.63) is 39.3 Å². The van der Waals surface area contributed by atoms with Crippen LogP contribution in [0.5, 0.6) is 0 Å². The van der Waals surface area contributed by atoms with Crippen molar-refractivity contribution >= 4 is 27.2 Å². The monoisotopic (exact) mass is 286 g/mol. The van der Waals surface area contributed by atoms with Crippen LogP contribution in [0.3, 0.4) is 0 Å². The minimum absolute atomic E-state index is 0.293. The molecular formula is C13H10N4O2S. The number of hydrogen-bond acceptors (Lipinski definition) is 5. The van der Waals surface area contributed by atoms with Crippen molar-refractivity contribution in [2.24, 2.45) is 0 Å². The number of H-pyrrole nitrogens is 1. The first-order valence-corrected chi connectivity index (χ1v) is 6.89. The molecule has 0 amide bonds. The highest BCUT2D eigenvalue weighted by molar-refractivity contribution is 7.18. The van der Waals surface area contributed by atoms with E-state index in [4.69, 9.17) is 4.42 Å². The van der Waals surface area contributed by atoms with Gasteiger partial charge in [0.05, 0.1) is 11.6 Å². The fourth-order valence-corrected chi connectivity index (χ4v) is 3.31. The van der Waals surface area contributed by atoms with Crippen LogP contribution >= 0.6 is 11.3 Å². The summed E-state index contributed by atoms with van der Waals surface area (Å²) in [6, 6.07) is 3.53. The van der Waals surface area contributed by atoms with Crippen molar-refractivity contribution in [3.8, 4) is 11.6 Å². The van der Waals surface area contributed by atoms with E-state index in [1.165, 1.54) is 4.52 Å². The first-order valence-electron chi connectivity index (χ1n) is 6.08. The molecule has 1 N–H and O–H groups in total. The van der Waals surface area contributed by atoms with Crippen LogP contribution in [0.1, 0.15) is 10.4 Å². The molecule has 4 heterocycles.